The Balaban J connectivity index is 3.04. The van der Waals surface area contributed by atoms with Crippen LogP contribution in [0.3, 0.4) is 0 Å². The minimum absolute atomic E-state index is 0.0471. The molecule has 0 aromatic heterocycles. The van der Waals surface area contributed by atoms with Crippen LogP contribution in [-0.2, 0) is 4.79 Å². The second-order valence-electron chi connectivity index (χ2n) is 3.55. The SMILES string of the molecule is COc1cc(C=CC(=O)O)cc(Cl)c1OCC(Cl)=CCl. The summed E-state index contributed by atoms with van der Waals surface area (Å²) in [6.07, 6.45) is 2.39. The Morgan fingerprint density at radius 3 is 2.70 bits per heavy atom. The van der Waals surface area contributed by atoms with Crippen molar-refractivity contribution in [2.45, 2.75) is 0 Å². The van der Waals surface area contributed by atoms with Gasteiger partial charge >= 0.3 is 5.97 Å². The van der Waals surface area contributed by atoms with Gasteiger partial charge in [-0.1, -0.05) is 34.8 Å². The maximum absolute atomic E-state index is 10.5. The van der Waals surface area contributed by atoms with Gasteiger partial charge in [0, 0.05) is 11.6 Å². The number of halogens is 3. The van der Waals surface area contributed by atoms with E-state index < -0.39 is 5.97 Å². The molecule has 1 aromatic carbocycles. The minimum atomic E-state index is -1.06. The van der Waals surface area contributed by atoms with Gasteiger partial charge in [0.2, 0.25) is 0 Å². The number of aliphatic carboxylic acids is 1. The highest BCUT2D eigenvalue weighted by molar-refractivity contribution is 6.36. The lowest BCUT2D eigenvalue weighted by Crippen LogP contribution is -2.00. The number of benzene rings is 1. The number of rotatable bonds is 6. The number of hydrogen-bond donors (Lipinski definition) is 1. The monoisotopic (exact) mass is 336 g/mol. The third-order valence-electron chi connectivity index (χ3n) is 2.14. The average Bonchev–Trinajstić information content (AvgIpc) is 2.42. The van der Waals surface area contributed by atoms with Gasteiger partial charge in [0.05, 0.1) is 17.2 Å². The van der Waals surface area contributed by atoms with Gasteiger partial charge in [-0.05, 0) is 23.8 Å². The van der Waals surface area contributed by atoms with E-state index in [1.807, 2.05) is 0 Å². The van der Waals surface area contributed by atoms with Crippen LogP contribution >= 0.6 is 34.8 Å². The number of methoxy groups -OCH3 is 1. The van der Waals surface area contributed by atoms with E-state index in [0.29, 0.717) is 22.1 Å². The van der Waals surface area contributed by atoms with Crippen LogP contribution in [0.25, 0.3) is 6.08 Å². The molecule has 0 bridgehead atoms. The van der Waals surface area contributed by atoms with Crippen LogP contribution < -0.4 is 9.47 Å². The second kappa shape index (κ2) is 8.04. The highest BCUT2D eigenvalue weighted by Crippen LogP contribution is 2.37. The van der Waals surface area contributed by atoms with Crippen molar-refractivity contribution in [1.29, 1.82) is 0 Å². The smallest absolute Gasteiger partial charge is 0.328 e. The molecule has 0 unspecified atom stereocenters. The Kier molecular flexibility index (Phi) is 6.71. The molecule has 1 N–H and O–H groups in total. The number of carboxylic acid groups (broad SMARTS) is 1. The lowest BCUT2D eigenvalue weighted by Gasteiger charge is -2.12. The van der Waals surface area contributed by atoms with E-state index in [1.165, 1.54) is 18.7 Å². The van der Waals surface area contributed by atoms with E-state index in [4.69, 9.17) is 49.4 Å². The van der Waals surface area contributed by atoms with Crippen LogP contribution in [0.15, 0.2) is 28.8 Å². The Bertz CT molecular complexity index is 553. The van der Waals surface area contributed by atoms with Gasteiger partial charge in [0.15, 0.2) is 11.5 Å². The lowest BCUT2D eigenvalue weighted by molar-refractivity contribution is -0.131. The molecule has 0 fully saturated rings. The fraction of sp³-hybridized carbons (Fsp3) is 0.154. The molecule has 0 atom stereocenters. The highest BCUT2D eigenvalue weighted by Gasteiger charge is 2.12. The zero-order valence-electron chi connectivity index (χ0n) is 10.4. The van der Waals surface area contributed by atoms with E-state index in [2.05, 4.69) is 0 Å². The van der Waals surface area contributed by atoms with Crippen LogP contribution in [-0.4, -0.2) is 24.8 Å². The number of ether oxygens (including phenoxy) is 2. The highest BCUT2D eigenvalue weighted by atomic mass is 35.5. The molecule has 0 heterocycles. The molecule has 1 aromatic rings. The van der Waals surface area contributed by atoms with Crippen molar-refractivity contribution < 1.29 is 19.4 Å². The van der Waals surface area contributed by atoms with Gasteiger partial charge in [-0.15, -0.1) is 0 Å². The van der Waals surface area contributed by atoms with Crippen molar-refractivity contribution in [3.63, 3.8) is 0 Å². The van der Waals surface area contributed by atoms with Gasteiger partial charge in [-0.25, -0.2) is 4.79 Å². The molecule has 20 heavy (non-hydrogen) atoms. The third kappa shape index (κ3) is 4.96. The summed E-state index contributed by atoms with van der Waals surface area (Å²) >= 11 is 17.2. The van der Waals surface area contributed by atoms with Crippen molar-refractivity contribution in [1.82, 2.24) is 0 Å². The third-order valence-corrected chi connectivity index (χ3v) is 3.02. The predicted molar refractivity (Wildman–Crippen MR) is 80.0 cm³/mol. The van der Waals surface area contributed by atoms with E-state index in [0.717, 1.165) is 6.08 Å². The summed E-state index contributed by atoms with van der Waals surface area (Å²) in [6.45, 7) is 0.0471. The molecule has 0 radical (unpaired) electrons. The lowest BCUT2D eigenvalue weighted by atomic mass is 10.2. The Morgan fingerprint density at radius 2 is 2.15 bits per heavy atom. The Morgan fingerprint density at radius 1 is 1.45 bits per heavy atom. The van der Waals surface area contributed by atoms with E-state index in [9.17, 15) is 4.79 Å². The molecule has 0 saturated carbocycles. The van der Waals surface area contributed by atoms with Crippen LogP contribution in [0.2, 0.25) is 5.02 Å². The van der Waals surface area contributed by atoms with Gasteiger partial charge in [0.1, 0.15) is 6.61 Å². The first kappa shape index (κ1) is 16.7. The van der Waals surface area contributed by atoms with E-state index in [-0.39, 0.29) is 11.6 Å². The van der Waals surface area contributed by atoms with E-state index >= 15 is 0 Å². The second-order valence-corrected chi connectivity index (χ2v) is 4.66. The fourth-order valence-corrected chi connectivity index (χ4v) is 1.71. The minimum Gasteiger partial charge on any atom is -0.493 e. The summed E-state index contributed by atoms with van der Waals surface area (Å²) in [4.78, 5) is 10.5. The van der Waals surface area contributed by atoms with Crippen LogP contribution in [0.1, 0.15) is 5.56 Å². The molecule has 4 nitrogen and oxygen atoms in total. The summed E-state index contributed by atoms with van der Waals surface area (Å²) in [7, 11) is 1.45. The summed E-state index contributed by atoms with van der Waals surface area (Å²) in [5.74, 6) is -0.390. The number of carbonyl (C=O) groups is 1. The average molecular weight is 338 g/mol. The summed E-state index contributed by atoms with van der Waals surface area (Å²) in [6, 6.07) is 3.15. The topological polar surface area (TPSA) is 55.8 Å². The zero-order chi connectivity index (χ0) is 15.1. The first-order valence-electron chi connectivity index (χ1n) is 5.34. The molecule has 0 spiro atoms. The molecule has 0 saturated heterocycles. The maximum atomic E-state index is 10.5. The fourth-order valence-electron chi connectivity index (χ4n) is 1.32. The molecule has 0 aliphatic rings. The van der Waals surface area contributed by atoms with Crippen molar-refractivity contribution in [2.75, 3.05) is 13.7 Å². The normalized spacial score (nSPS) is 11.7. The standard InChI is InChI=1S/C13H11Cl3O4/c1-19-11-5-8(2-3-12(17)18)4-10(16)13(11)20-7-9(15)6-14/h2-6H,7H2,1H3,(H,17,18). The Labute approximate surface area is 131 Å². The maximum Gasteiger partial charge on any atom is 0.328 e. The van der Waals surface area contributed by atoms with Crippen molar-refractivity contribution >= 4 is 46.8 Å². The first-order chi connectivity index (χ1) is 9.47. The predicted octanol–water partition coefficient (Wildman–Crippen LogP) is 4.14. The van der Waals surface area contributed by atoms with Crippen molar-refractivity contribution in [3.8, 4) is 11.5 Å². The van der Waals surface area contributed by atoms with Crippen molar-refractivity contribution in [2.24, 2.45) is 0 Å². The molecule has 7 heteroatoms. The largest absolute Gasteiger partial charge is 0.493 e. The Hall–Kier alpha value is -1.36. The molecule has 1 rings (SSSR count). The van der Waals surface area contributed by atoms with Gasteiger partial charge in [-0.2, -0.15) is 0 Å². The van der Waals surface area contributed by atoms with E-state index in [1.54, 1.807) is 12.1 Å². The quantitative estimate of drug-likeness (QED) is 0.793. The molecular weight excluding hydrogens is 326 g/mol. The first-order valence-corrected chi connectivity index (χ1v) is 6.53. The molecule has 0 aliphatic heterocycles. The van der Waals surface area contributed by atoms with Crippen LogP contribution in [0, 0.1) is 0 Å². The summed E-state index contributed by atoms with van der Waals surface area (Å²) < 4.78 is 10.6. The number of carboxylic acids is 1. The summed E-state index contributed by atoms with van der Waals surface area (Å²) in [5.41, 5.74) is 1.76. The molecule has 0 aliphatic carbocycles. The molecule has 0 amide bonds. The molecular formula is C13H11Cl3O4. The van der Waals surface area contributed by atoms with Crippen LogP contribution in [0.4, 0.5) is 0 Å². The van der Waals surface area contributed by atoms with Crippen molar-refractivity contribution in [3.05, 3.63) is 39.4 Å². The van der Waals surface area contributed by atoms with Crippen LogP contribution in [0.5, 0.6) is 11.5 Å². The van der Waals surface area contributed by atoms with Gasteiger partial charge in [0.25, 0.3) is 0 Å². The summed E-state index contributed by atoms with van der Waals surface area (Å²) in [5, 5.41) is 9.17. The number of hydrogen-bond acceptors (Lipinski definition) is 3. The van der Waals surface area contributed by atoms with Gasteiger partial charge < -0.3 is 14.6 Å². The van der Waals surface area contributed by atoms with Gasteiger partial charge in [-0.3, -0.25) is 0 Å². The molecule has 108 valence electrons. The zero-order valence-corrected chi connectivity index (χ0v) is 12.7.